The lowest BCUT2D eigenvalue weighted by molar-refractivity contribution is -0.139. The zero-order chi connectivity index (χ0) is 27.0. The highest BCUT2D eigenvalue weighted by Crippen LogP contribution is 2.26. The van der Waals surface area contributed by atoms with E-state index in [1.54, 1.807) is 56.3 Å². The second-order valence-corrected chi connectivity index (χ2v) is 11.0. The van der Waals surface area contributed by atoms with E-state index in [0.717, 1.165) is 14.3 Å². The van der Waals surface area contributed by atoms with E-state index in [-0.39, 0.29) is 17.3 Å². The number of anilines is 1. The molecule has 0 aromatic heterocycles. The molecule has 0 aliphatic heterocycles. The summed E-state index contributed by atoms with van der Waals surface area (Å²) in [6, 6.07) is 21.0. The molecule has 1 atom stereocenters. The number of ether oxygens (including phenoxy) is 1. The van der Waals surface area contributed by atoms with Crippen LogP contribution in [0.2, 0.25) is 0 Å². The van der Waals surface area contributed by atoms with Crippen molar-refractivity contribution in [1.29, 1.82) is 0 Å². The summed E-state index contributed by atoms with van der Waals surface area (Å²) in [5, 5.41) is 2.74. The highest BCUT2D eigenvalue weighted by atomic mass is 79.9. The molecular formula is C27H30BrN3O5S. The zero-order valence-corrected chi connectivity index (χ0v) is 23.3. The predicted molar refractivity (Wildman–Crippen MR) is 147 cm³/mol. The fraction of sp³-hybridized carbons (Fsp3) is 0.259. The van der Waals surface area contributed by atoms with Gasteiger partial charge < -0.3 is 15.0 Å². The van der Waals surface area contributed by atoms with Crippen LogP contribution in [0, 0.1) is 0 Å². The molecule has 0 radical (unpaired) electrons. The maximum Gasteiger partial charge on any atom is 0.264 e. The Bertz CT molecular complexity index is 1300. The number of rotatable bonds is 11. The van der Waals surface area contributed by atoms with Gasteiger partial charge >= 0.3 is 0 Å². The first kappa shape index (κ1) is 28.2. The molecule has 0 aliphatic rings. The van der Waals surface area contributed by atoms with Gasteiger partial charge in [-0.15, -0.1) is 0 Å². The van der Waals surface area contributed by atoms with Gasteiger partial charge in [-0.25, -0.2) is 8.42 Å². The van der Waals surface area contributed by atoms with Crippen molar-refractivity contribution >= 4 is 43.5 Å². The Balaban J connectivity index is 1.99. The first-order valence-electron chi connectivity index (χ1n) is 11.7. The molecular weight excluding hydrogens is 558 g/mol. The van der Waals surface area contributed by atoms with Crippen LogP contribution in [0.3, 0.4) is 0 Å². The second kappa shape index (κ2) is 12.7. The molecule has 0 spiro atoms. The lowest BCUT2D eigenvalue weighted by atomic mass is 10.1. The van der Waals surface area contributed by atoms with Crippen LogP contribution in [-0.2, 0) is 26.2 Å². The molecule has 3 aromatic rings. The molecule has 3 rings (SSSR count). The molecule has 0 aliphatic carbocycles. The summed E-state index contributed by atoms with van der Waals surface area (Å²) in [6.45, 7) is 3.48. The SMILES string of the molecule is CCNC(=O)C(C)N(Cc1ccc(Br)cc1)C(=O)CN(c1ccccc1)S(=O)(=O)c1ccc(OC)cc1. The Morgan fingerprint density at radius 3 is 2.16 bits per heavy atom. The zero-order valence-electron chi connectivity index (χ0n) is 20.9. The van der Waals surface area contributed by atoms with E-state index >= 15 is 0 Å². The van der Waals surface area contributed by atoms with Gasteiger partial charge in [-0.1, -0.05) is 46.3 Å². The van der Waals surface area contributed by atoms with Gasteiger partial charge in [0, 0.05) is 17.6 Å². The molecule has 3 aromatic carbocycles. The molecule has 2 amide bonds. The van der Waals surface area contributed by atoms with Crippen LogP contribution < -0.4 is 14.4 Å². The third kappa shape index (κ3) is 7.11. The topological polar surface area (TPSA) is 96.0 Å². The minimum atomic E-state index is -4.12. The number of nitrogens with one attached hydrogen (secondary N) is 1. The number of methoxy groups -OCH3 is 1. The summed E-state index contributed by atoms with van der Waals surface area (Å²) in [4.78, 5) is 27.9. The summed E-state index contributed by atoms with van der Waals surface area (Å²) in [7, 11) is -2.62. The number of likely N-dealkylation sites (N-methyl/N-ethyl adjacent to an activating group) is 1. The van der Waals surface area contributed by atoms with Crippen LogP contribution in [-0.4, -0.2) is 51.4 Å². The van der Waals surface area contributed by atoms with Gasteiger partial charge in [0.15, 0.2) is 0 Å². The third-order valence-electron chi connectivity index (χ3n) is 5.75. The highest BCUT2D eigenvalue weighted by molar-refractivity contribution is 9.10. The van der Waals surface area contributed by atoms with E-state index in [2.05, 4.69) is 21.2 Å². The molecule has 0 bridgehead atoms. The van der Waals surface area contributed by atoms with Crippen LogP contribution in [0.25, 0.3) is 0 Å². The monoisotopic (exact) mass is 587 g/mol. The minimum Gasteiger partial charge on any atom is -0.497 e. The first-order chi connectivity index (χ1) is 17.7. The third-order valence-corrected chi connectivity index (χ3v) is 8.07. The number of nitrogens with zero attached hydrogens (tertiary/aromatic N) is 2. The Kier molecular flexibility index (Phi) is 9.71. The number of hydrogen-bond donors (Lipinski definition) is 1. The Labute approximate surface area is 226 Å². The quantitative estimate of drug-likeness (QED) is 0.362. The summed E-state index contributed by atoms with van der Waals surface area (Å²) < 4.78 is 34.5. The van der Waals surface area contributed by atoms with Gasteiger partial charge in [0.1, 0.15) is 18.3 Å². The van der Waals surface area contributed by atoms with Crippen molar-refractivity contribution in [3.63, 3.8) is 0 Å². The second-order valence-electron chi connectivity index (χ2n) is 8.24. The Hall–Kier alpha value is -3.37. The summed E-state index contributed by atoms with van der Waals surface area (Å²) in [6.07, 6.45) is 0. The average Bonchev–Trinajstić information content (AvgIpc) is 2.91. The molecule has 0 saturated carbocycles. The number of hydrogen-bond acceptors (Lipinski definition) is 5. The van der Waals surface area contributed by atoms with Crippen molar-refractivity contribution in [3.8, 4) is 5.75 Å². The molecule has 1 unspecified atom stereocenters. The minimum absolute atomic E-state index is 0.0150. The van der Waals surface area contributed by atoms with Crippen LogP contribution in [0.1, 0.15) is 19.4 Å². The van der Waals surface area contributed by atoms with Crippen LogP contribution in [0.4, 0.5) is 5.69 Å². The van der Waals surface area contributed by atoms with Gasteiger partial charge in [0.05, 0.1) is 17.7 Å². The van der Waals surface area contributed by atoms with Crippen LogP contribution in [0.15, 0.2) is 88.2 Å². The summed E-state index contributed by atoms with van der Waals surface area (Å²) >= 11 is 3.40. The summed E-state index contributed by atoms with van der Waals surface area (Å²) in [5.74, 6) is -0.322. The lowest BCUT2D eigenvalue weighted by Gasteiger charge is -2.32. The van der Waals surface area contributed by atoms with Crippen molar-refractivity contribution in [2.45, 2.75) is 31.3 Å². The Morgan fingerprint density at radius 2 is 1.59 bits per heavy atom. The largest absolute Gasteiger partial charge is 0.497 e. The van der Waals surface area contributed by atoms with E-state index in [1.165, 1.54) is 24.1 Å². The molecule has 37 heavy (non-hydrogen) atoms. The van der Waals surface area contributed by atoms with Gasteiger partial charge in [-0.05, 0) is 67.9 Å². The standard InChI is InChI=1S/C27H30BrN3O5S/c1-4-29-27(33)20(2)30(18-21-10-12-22(28)13-11-21)26(32)19-31(23-8-6-5-7-9-23)37(34,35)25-16-14-24(36-3)15-17-25/h5-17,20H,4,18-19H2,1-3H3,(H,29,33). The van der Waals surface area contributed by atoms with E-state index in [0.29, 0.717) is 18.0 Å². The van der Waals surface area contributed by atoms with Gasteiger partial charge in [0.2, 0.25) is 11.8 Å². The maximum absolute atomic E-state index is 13.7. The molecule has 1 N–H and O–H groups in total. The Morgan fingerprint density at radius 1 is 0.973 bits per heavy atom. The molecule has 0 saturated heterocycles. The summed E-state index contributed by atoms with van der Waals surface area (Å²) in [5.41, 5.74) is 1.14. The number of halogens is 1. The number of para-hydroxylation sites is 1. The molecule has 196 valence electrons. The van der Waals surface area contributed by atoms with Crippen molar-refractivity contribution in [2.24, 2.45) is 0 Å². The number of carbonyl (C=O) groups is 2. The van der Waals surface area contributed by atoms with Crippen molar-refractivity contribution < 1.29 is 22.7 Å². The smallest absolute Gasteiger partial charge is 0.264 e. The fourth-order valence-corrected chi connectivity index (χ4v) is 5.37. The van der Waals surface area contributed by atoms with Gasteiger partial charge in [-0.2, -0.15) is 0 Å². The molecule has 0 fully saturated rings. The molecule has 8 nitrogen and oxygen atoms in total. The van der Waals surface area contributed by atoms with Crippen molar-refractivity contribution in [3.05, 3.63) is 88.9 Å². The van der Waals surface area contributed by atoms with Crippen LogP contribution >= 0.6 is 15.9 Å². The maximum atomic E-state index is 13.7. The number of benzene rings is 3. The first-order valence-corrected chi connectivity index (χ1v) is 13.9. The van der Waals surface area contributed by atoms with E-state index < -0.39 is 28.5 Å². The predicted octanol–water partition coefficient (Wildman–Crippen LogP) is 4.21. The highest BCUT2D eigenvalue weighted by Gasteiger charge is 2.32. The number of sulfonamides is 1. The fourth-order valence-electron chi connectivity index (χ4n) is 3.69. The van der Waals surface area contributed by atoms with Gasteiger partial charge in [0.25, 0.3) is 10.0 Å². The number of carbonyl (C=O) groups excluding carboxylic acids is 2. The van der Waals surface area contributed by atoms with E-state index in [4.69, 9.17) is 4.74 Å². The average molecular weight is 589 g/mol. The van der Waals surface area contributed by atoms with E-state index in [1.807, 2.05) is 24.3 Å². The molecule has 10 heteroatoms. The van der Waals surface area contributed by atoms with Crippen molar-refractivity contribution in [1.82, 2.24) is 10.2 Å². The normalized spacial score (nSPS) is 11.9. The van der Waals surface area contributed by atoms with E-state index in [9.17, 15) is 18.0 Å². The molecule has 0 heterocycles. The van der Waals surface area contributed by atoms with Gasteiger partial charge in [-0.3, -0.25) is 13.9 Å². The number of amides is 2. The van der Waals surface area contributed by atoms with Crippen LogP contribution in [0.5, 0.6) is 5.75 Å². The van der Waals surface area contributed by atoms with Crippen molar-refractivity contribution in [2.75, 3.05) is 24.5 Å². The lowest BCUT2D eigenvalue weighted by Crippen LogP contribution is -2.51.